The minimum Gasteiger partial charge on any atom is -0.493 e. The van der Waals surface area contributed by atoms with E-state index < -0.39 is 33.5 Å². The van der Waals surface area contributed by atoms with E-state index in [4.69, 9.17) is 17.4 Å². The number of hydrogen-bond donors (Lipinski definition) is 3. The fourth-order valence-corrected chi connectivity index (χ4v) is 4.51. The lowest BCUT2D eigenvalue weighted by atomic mass is 10.1. The Morgan fingerprint density at radius 1 is 1.08 bits per heavy atom. The lowest BCUT2D eigenvalue weighted by Gasteiger charge is -2.11. The van der Waals surface area contributed by atoms with Crippen molar-refractivity contribution in [1.82, 2.24) is 4.57 Å². The van der Waals surface area contributed by atoms with Gasteiger partial charge in [-0.1, -0.05) is 36.4 Å². The highest BCUT2D eigenvalue weighted by molar-refractivity contribution is 7.89. The summed E-state index contributed by atoms with van der Waals surface area (Å²) in [6.45, 7) is -0.298. The van der Waals surface area contributed by atoms with Gasteiger partial charge in [-0.25, -0.2) is 17.9 Å². The van der Waals surface area contributed by atoms with E-state index in [1.54, 1.807) is 0 Å². The summed E-state index contributed by atoms with van der Waals surface area (Å²) in [5.74, 6) is -1.31. The van der Waals surface area contributed by atoms with Gasteiger partial charge in [0, 0.05) is 5.39 Å². The molecule has 4 rings (SSSR count). The molecule has 8 nitrogen and oxygen atoms in total. The predicted molar refractivity (Wildman–Crippen MR) is 133 cm³/mol. The normalized spacial score (nSPS) is 12.4. The smallest absolute Gasteiger partial charge is 0.416 e. The molecule has 37 heavy (non-hydrogen) atoms. The zero-order valence-electron chi connectivity index (χ0n) is 18.6. The first kappa shape index (κ1) is 26.2. The van der Waals surface area contributed by atoms with Crippen molar-refractivity contribution in [2.75, 3.05) is 5.32 Å². The van der Waals surface area contributed by atoms with Crippen molar-refractivity contribution in [1.29, 1.82) is 0 Å². The molecule has 0 saturated heterocycles. The molecule has 0 bridgehead atoms. The summed E-state index contributed by atoms with van der Waals surface area (Å²) in [5, 5.41) is 26.1. The van der Waals surface area contributed by atoms with E-state index in [1.165, 1.54) is 48.5 Å². The Bertz CT molecular complexity index is 1650. The number of benzene rings is 3. The first-order valence-corrected chi connectivity index (χ1v) is 12.3. The molecule has 3 aromatic carbocycles. The second-order valence-corrected chi connectivity index (χ2v) is 9.68. The van der Waals surface area contributed by atoms with Crippen LogP contribution in [-0.4, -0.2) is 23.2 Å². The van der Waals surface area contributed by atoms with Gasteiger partial charge in [-0.3, -0.25) is 0 Å². The van der Waals surface area contributed by atoms with Crippen LogP contribution in [0.15, 0.2) is 81.9 Å². The summed E-state index contributed by atoms with van der Waals surface area (Å²) in [5.41, 5.74) is -0.991. The van der Waals surface area contributed by atoms with Crippen LogP contribution in [0.25, 0.3) is 10.9 Å². The highest BCUT2D eigenvalue weighted by atomic mass is 32.2. The third kappa shape index (κ3) is 5.60. The van der Waals surface area contributed by atoms with Crippen LogP contribution in [0, 0.1) is 5.82 Å². The van der Waals surface area contributed by atoms with Gasteiger partial charge in [-0.05, 0) is 48.1 Å². The minimum atomic E-state index is -4.58. The third-order valence-corrected chi connectivity index (χ3v) is 6.40. The summed E-state index contributed by atoms with van der Waals surface area (Å²) >= 11 is 5.09. The minimum absolute atomic E-state index is 0.0381. The van der Waals surface area contributed by atoms with E-state index in [2.05, 4.69) is 15.5 Å². The van der Waals surface area contributed by atoms with Crippen LogP contribution in [-0.2, 0) is 22.7 Å². The van der Waals surface area contributed by atoms with E-state index in [-0.39, 0.29) is 44.4 Å². The number of anilines is 1. The molecule has 0 radical (unpaired) electrons. The Morgan fingerprint density at radius 2 is 1.78 bits per heavy atom. The molecule has 0 saturated carbocycles. The quantitative estimate of drug-likeness (QED) is 0.167. The molecular weight excluding hydrogens is 534 g/mol. The average molecular weight is 552 g/mol. The van der Waals surface area contributed by atoms with Gasteiger partial charge in [0.25, 0.3) is 0 Å². The van der Waals surface area contributed by atoms with Crippen LogP contribution in [0.5, 0.6) is 5.88 Å². The standard InChI is InChI=1S/C23H17F4N5O3S2/c24-16-8-4-7-15-19(30-31-22(36)29-17-9-1-2-10-18(17)37(28,34)35)21(33)32(20(15)16)12-13-5-3-6-14(11-13)23(25,26)27/h1-11,33H,12H2,(H,29,36)(H2,28,34,35). The second-order valence-electron chi connectivity index (χ2n) is 7.76. The number of nitrogens with zero attached hydrogens (tertiary/aromatic N) is 3. The Labute approximate surface area is 213 Å². The summed E-state index contributed by atoms with van der Waals surface area (Å²) in [6.07, 6.45) is -4.58. The number of aromatic hydroxyl groups is 1. The summed E-state index contributed by atoms with van der Waals surface area (Å²) in [4.78, 5) is -0.241. The van der Waals surface area contributed by atoms with Gasteiger partial charge in [0.05, 0.1) is 23.3 Å². The maximum absolute atomic E-state index is 14.8. The molecule has 4 N–H and O–H groups in total. The fraction of sp³-hybridized carbons (Fsp3) is 0.0870. The number of fused-ring (bicyclic) bond motifs is 1. The van der Waals surface area contributed by atoms with E-state index in [9.17, 15) is 31.1 Å². The predicted octanol–water partition coefficient (Wildman–Crippen LogP) is 5.68. The van der Waals surface area contributed by atoms with Crippen LogP contribution < -0.4 is 10.5 Å². The number of primary sulfonamides is 1. The molecule has 0 amide bonds. The Morgan fingerprint density at radius 3 is 2.49 bits per heavy atom. The van der Waals surface area contributed by atoms with Crippen LogP contribution in [0.3, 0.4) is 0 Å². The fourth-order valence-electron chi connectivity index (χ4n) is 3.67. The van der Waals surface area contributed by atoms with Crippen molar-refractivity contribution in [3.05, 3.63) is 83.7 Å². The van der Waals surface area contributed by atoms with Crippen molar-refractivity contribution in [3.63, 3.8) is 0 Å². The number of para-hydroxylation sites is 2. The molecule has 1 heterocycles. The van der Waals surface area contributed by atoms with Crippen molar-refractivity contribution in [3.8, 4) is 5.88 Å². The van der Waals surface area contributed by atoms with Gasteiger partial charge in [0.1, 0.15) is 10.7 Å². The highest BCUT2D eigenvalue weighted by Gasteiger charge is 2.30. The SMILES string of the molecule is NS(=O)(=O)c1ccccc1NC(=S)N=Nc1c(O)n(Cc2cccc(C(F)(F)F)c2)c2c(F)cccc12. The van der Waals surface area contributed by atoms with Crippen LogP contribution in [0.2, 0.25) is 0 Å². The van der Waals surface area contributed by atoms with Gasteiger partial charge >= 0.3 is 6.18 Å². The number of nitrogens with two attached hydrogens (primary N) is 1. The van der Waals surface area contributed by atoms with E-state index in [0.29, 0.717) is 0 Å². The van der Waals surface area contributed by atoms with Gasteiger partial charge in [-0.15, -0.1) is 10.2 Å². The maximum Gasteiger partial charge on any atom is 0.416 e. The zero-order chi connectivity index (χ0) is 27.0. The molecule has 0 spiro atoms. The lowest BCUT2D eigenvalue weighted by molar-refractivity contribution is -0.137. The van der Waals surface area contributed by atoms with Crippen LogP contribution >= 0.6 is 12.2 Å². The molecule has 0 aliphatic heterocycles. The maximum atomic E-state index is 14.8. The van der Waals surface area contributed by atoms with Crippen molar-refractivity contribution < 1.29 is 31.1 Å². The van der Waals surface area contributed by atoms with E-state index >= 15 is 0 Å². The molecule has 0 fully saturated rings. The van der Waals surface area contributed by atoms with Crippen LogP contribution in [0.1, 0.15) is 11.1 Å². The molecule has 0 unspecified atom stereocenters. The van der Waals surface area contributed by atoms with Gasteiger partial charge in [0.2, 0.25) is 21.0 Å². The molecule has 14 heteroatoms. The molecule has 4 aromatic rings. The number of azo groups is 1. The zero-order valence-corrected chi connectivity index (χ0v) is 20.2. The number of aromatic nitrogens is 1. The number of hydrogen-bond acceptors (Lipinski definition) is 5. The molecule has 1 aromatic heterocycles. The molecule has 0 atom stereocenters. The topological polar surface area (TPSA) is 122 Å². The number of halogens is 4. The first-order valence-electron chi connectivity index (χ1n) is 10.4. The summed E-state index contributed by atoms with van der Waals surface area (Å²) in [7, 11) is -4.08. The largest absolute Gasteiger partial charge is 0.493 e. The van der Waals surface area contributed by atoms with Crippen molar-refractivity contribution in [2.45, 2.75) is 17.6 Å². The molecule has 0 aliphatic carbocycles. The molecule has 192 valence electrons. The molecular formula is C23H17F4N5O3S2. The first-order chi connectivity index (χ1) is 17.4. The summed E-state index contributed by atoms with van der Waals surface area (Å²) < 4.78 is 78.8. The Balaban J connectivity index is 1.70. The molecule has 0 aliphatic rings. The number of sulfonamides is 1. The van der Waals surface area contributed by atoms with Crippen LogP contribution in [0.4, 0.5) is 28.9 Å². The van der Waals surface area contributed by atoms with E-state index in [1.807, 2.05) is 0 Å². The summed E-state index contributed by atoms with van der Waals surface area (Å²) in [6, 6.07) is 14.0. The third-order valence-electron chi connectivity index (χ3n) is 5.25. The second kappa shape index (κ2) is 9.88. The van der Waals surface area contributed by atoms with Crippen molar-refractivity contribution >= 4 is 49.6 Å². The van der Waals surface area contributed by atoms with Gasteiger partial charge < -0.3 is 15.0 Å². The monoisotopic (exact) mass is 551 g/mol. The number of alkyl halides is 3. The number of thiocarbonyl (C=S) groups is 1. The Kier molecular flexibility index (Phi) is 6.99. The Hall–Kier alpha value is -3.88. The van der Waals surface area contributed by atoms with E-state index in [0.717, 1.165) is 22.8 Å². The average Bonchev–Trinajstić information content (AvgIpc) is 3.08. The van der Waals surface area contributed by atoms with Crippen molar-refractivity contribution in [2.24, 2.45) is 15.4 Å². The highest BCUT2D eigenvalue weighted by Crippen LogP contribution is 2.40. The van der Waals surface area contributed by atoms with Gasteiger partial charge in [0.15, 0.2) is 5.69 Å². The number of rotatable bonds is 5. The van der Waals surface area contributed by atoms with Gasteiger partial charge in [-0.2, -0.15) is 13.2 Å². The lowest BCUT2D eigenvalue weighted by Crippen LogP contribution is -2.16. The number of nitrogens with one attached hydrogen (secondary N) is 1.